The second-order valence-electron chi connectivity index (χ2n) is 2.25. The Labute approximate surface area is 64.2 Å². The number of rotatable bonds is 0. The van der Waals surface area contributed by atoms with E-state index >= 15 is 0 Å². The van der Waals surface area contributed by atoms with Gasteiger partial charge in [0.15, 0.2) is 0 Å². The summed E-state index contributed by atoms with van der Waals surface area (Å²) in [6.07, 6.45) is 5.12. The number of nitrogens with one attached hydrogen (secondary N) is 1. The zero-order chi connectivity index (χ0) is 8.43. The van der Waals surface area contributed by atoms with Crippen molar-refractivity contribution in [3.05, 3.63) is 27.5 Å². The number of pyridine rings is 1. The van der Waals surface area contributed by atoms with Crippen LogP contribution >= 0.6 is 0 Å². The zero-order valence-electron chi connectivity index (χ0n) is 6.14. The van der Waals surface area contributed by atoms with Crippen LogP contribution in [0, 0.1) is 19.3 Å². The van der Waals surface area contributed by atoms with Crippen LogP contribution in [0.25, 0.3) is 0 Å². The van der Waals surface area contributed by atoms with E-state index < -0.39 is 0 Å². The van der Waals surface area contributed by atoms with Gasteiger partial charge >= 0.3 is 0 Å². The predicted molar refractivity (Wildman–Crippen MR) is 44.1 cm³/mol. The minimum atomic E-state index is -0.193. The molecule has 0 amide bonds. The molecule has 0 bridgehead atoms. The Morgan fingerprint density at radius 2 is 2.36 bits per heavy atom. The molecular weight excluding hydrogens is 140 g/mol. The van der Waals surface area contributed by atoms with Crippen LogP contribution in [0.2, 0.25) is 0 Å². The second kappa shape index (κ2) is 2.51. The van der Waals surface area contributed by atoms with Crippen molar-refractivity contribution in [2.45, 2.75) is 6.92 Å². The first kappa shape index (κ1) is 7.42. The van der Waals surface area contributed by atoms with E-state index in [1.54, 1.807) is 13.0 Å². The van der Waals surface area contributed by atoms with E-state index in [1.165, 1.54) is 0 Å². The maximum atomic E-state index is 10.9. The molecule has 1 rings (SSSR count). The standard InChI is InChI=1S/C8H8N2O/c1-3-6-4-5(2)8(11)10-7(6)9/h1,4H,2H3,(H3,9,10,11). The fourth-order valence-electron chi connectivity index (χ4n) is 0.767. The van der Waals surface area contributed by atoms with Crippen LogP contribution in [0.4, 0.5) is 5.82 Å². The SMILES string of the molecule is C#Cc1cc(C)c(=O)[nH]c1N. The molecule has 3 heteroatoms. The molecule has 1 aromatic rings. The monoisotopic (exact) mass is 148 g/mol. The van der Waals surface area contributed by atoms with Gasteiger partial charge in [-0.3, -0.25) is 4.79 Å². The molecule has 56 valence electrons. The zero-order valence-corrected chi connectivity index (χ0v) is 6.14. The van der Waals surface area contributed by atoms with Gasteiger partial charge in [-0.2, -0.15) is 0 Å². The third-order valence-corrected chi connectivity index (χ3v) is 1.41. The van der Waals surface area contributed by atoms with Crippen molar-refractivity contribution in [1.29, 1.82) is 0 Å². The lowest BCUT2D eigenvalue weighted by atomic mass is 10.2. The molecule has 11 heavy (non-hydrogen) atoms. The van der Waals surface area contributed by atoms with Crippen LogP contribution in [-0.2, 0) is 0 Å². The summed E-state index contributed by atoms with van der Waals surface area (Å²) in [7, 11) is 0. The third-order valence-electron chi connectivity index (χ3n) is 1.41. The average Bonchev–Trinajstić information content (AvgIpc) is 1.97. The normalized spacial score (nSPS) is 9.09. The van der Waals surface area contributed by atoms with E-state index in [1.807, 2.05) is 0 Å². The molecule has 0 aromatic carbocycles. The van der Waals surface area contributed by atoms with Gasteiger partial charge in [0.25, 0.3) is 5.56 Å². The molecule has 0 aliphatic carbocycles. The van der Waals surface area contributed by atoms with Crippen LogP contribution in [0.5, 0.6) is 0 Å². The number of aromatic amines is 1. The molecule has 1 aromatic heterocycles. The van der Waals surface area contributed by atoms with Crippen LogP contribution in [-0.4, -0.2) is 4.98 Å². The first-order valence-electron chi connectivity index (χ1n) is 3.11. The van der Waals surface area contributed by atoms with E-state index in [4.69, 9.17) is 12.2 Å². The van der Waals surface area contributed by atoms with Gasteiger partial charge in [0.05, 0.1) is 5.56 Å². The van der Waals surface area contributed by atoms with Gasteiger partial charge in [-0.25, -0.2) is 0 Å². The van der Waals surface area contributed by atoms with Crippen molar-refractivity contribution in [1.82, 2.24) is 4.98 Å². The average molecular weight is 148 g/mol. The number of nitrogen functional groups attached to an aromatic ring is 1. The third kappa shape index (κ3) is 1.24. The molecule has 0 spiro atoms. The van der Waals surface area contributed by atoms with Gasteiger partial charge in [0.2, 0.25) is 0 Å². The molecule has 0 atom stereocenters. The van der Waals surface area contributed by atoms with Gasteiger partial charge < -0.3 is 10.7 Å². The Morgan fingerprint density at radius 3 is 2.91 bits per heavy atom. The lowest BCUT2D eigenvalue weighted by Gasteiger charge is -1.97. The topological polar surface area (TPSA) is 58.9 Å². The number of nitrogens with two attached hydrogens (primary N) is 1. The Balaban J connectivity index is 3.47. The van der Waals surface area contributed by atoms with Crippen LogP contribution in [0.15, 0.2) is 10.9 Å². The predicted octanol–water partition coefficient (Wildman–Crippen LogP) is 0.247. The molecular formula is C8H8N2O. The first-order chi connectivity index (χ1) is 5.15. The highest BCUT2D eigenvalue weighted by molar-refractivity contribution is 5.50. The minimum Gasteiger partial charge on any atom is -0.384 e. The summed E-state index contributed by atoms with van der Waals surface area (Å²) >= 11 is 0. The van der Waals surface area contributed by atoms with Crippen molar-refractivity contribution in [2.24, 2.45) is 0 Å². The Morgan fingerprint density at radius 1 is 1.73 bits per heavy atom. The van der Waals surface area contributed by atoms with Crippen LogP contribution in [0.3, 0.4) is 0 Å². The number of terminal acetylenes is 1. The molecule has 0 saturated carbocycles. The van der Waals surface area contributed by atoms with Gasteiger partial charge in [0.1, 0.15) is 5.82 Å². The second-order valence-corrected chi connectivity index (χ2v) is 2.25. The minimum absolute atomic E-state index is 0.193. The summed E-state index contributed by atoms with van der Waals surface area (Å²) in [6, 6.07) is 1.59. The van der Waals surface area contributed by atoms with Crippen LogP contribution < -0.4 is 11.3 Å². The molecule has 0 fully saturated rings. The highest BCUT2D eigenvalue weighted by Crippen LogP contribution is 2.03. The van der Waals surface area contributed by atoms with E-state index in [2.05, 4.69) is 10.9 Å². The summed E-state index contributed by atoms with van der Waals surface area (Å²) in [5, 5.41) is 0. The maximum absolute atomic E-state index is 10.9. The molecule has 0 aliphatic rings. The highest BCUT2D eigenvalue weighted by atomic mass is 16.1. The number of aryl methyl sites for hydroxylation is 1. The van der Waals surface area contributed by atoms with Crippen molar-refractivity contribution in [3.63, 3.8) is 0 Å². The van der Waals surface area contributed by atoms with E-state index in [0.717, 1.165) is 0 Å². The summed E-state index contributed by atoms with van der Waals surface area (Å²) in [5.41, 5.74) is 6.32. The smallest absolute Gasteiger partial charge is 0.252 e. The van der Waals surface area contributed by atoms with Crippen LogP contribution in [0.1, 0.15) is 11.1 Å². The Kier molecular flexibility index (Phi) is 1.69. The Hall–Kier alpha value is -1.69. The quantitative estimate of drug-likeness (QED) is 0.518. The summed E-state index contributed by atoms with van der Waals surface area (Å²) < 4.78 is 0. The molecule has 0 radical (unpaired) electrons. The molecule has 0 saturated heterocycles. The summed E-state index contributed by atoms with van der Waals surface area (Å²) in [5.74, 6) is 2.62. The van der Waals surface area contributed by atoms with E-state index in [0.29, 0.717) is 11.1 Å². The Bertz CT molecular complexity index is 371. The molecule has 0 unspecified atom stereocenters. The number of H-pyrrole nitrogens is 1. The first-order valence-corrected chi connectivity index (χ1v) is 3.11. The summed E-state index contributed by atoms with van der Waals surface area (Å²) in [6.45, 7) is 1.68. The molecule has 3 N–H and O–H groups in total. The van der Waals surface area contributed by atoms with Crippen molar-refractivity contribution >= 4 is 5.82 Å². The maximum Gasteiger partial charge on any atom is 0.252 e. The van der Waals surface area contributed by atoms with Gasteiger partial charge in [-0.15, -0.1) is 6.42 Å². The summed E-state index contributed by atoms with van der Waals surface area (Å²) in [4.78, 5) is 13.3. The lowest BCUT2D eigenvalue weighted by molar-refractivity contribution is 1.18. The van der Waals surface area contributed by atoms with E-state index in [9.17, 15) is 4.79 Å². The fraction of sp³-hybridized carbons (Fsp3) is 0.125. The lowest BCUT2D eigenvalue weighted by Crippen LogP contribution is -2.12. The fourth-order valence-corrected chi connectivity index (χ4v) is 0.767. The number of hydrogen-bond acceptors (Lipinski definition) is 2. The number of anilines is 1. The van der Waals surface area contributed by atoms with Crippen molar-refractivity contribution < 1.29 is 0 Å². The largest absolute Gasteiger partial charge is 0.384 e. The molecule has 1 heterocycles. The molecule has 3 nitrogen and oxygen atoms in total. The van der Waals surface area contributed by atoms with E-state index in [-0.39, 0.29) is 11.4 Å². The number of hydrogen-bond donors (Lipinski definition) is 2. The number of aromatic nitrogens is 1. The van der Waals surface area contributed by atoms with Gasteiger partial charge in [-0.05, 0) is 13.0 Å². The highest BCUT2D eigenvalue weighted by Gasteiger charge is 1.98. The van der Waals surface area contributed by atoms with Gasteiger partial charge in [-0.1, -0.05) is 5.92 Å². The van der Waals surface area contributed by atoms with Crippen molar-refractivity contribution in [2.75, 3.05) is 5.73 Å². The van der Waals surface area contributed by atoms with Gasteiger partial charge in [0, 0.05) is 5.56 Å². The molecule has 0 aliphatic heterocycles. The van der Waals surface area contributed by atoms with Crippen molar-refractivity contribution in [3.8, 4) is 12.3 Å².